The fourth-order valence-electron chi connectivity index (χ4n) is 3.82. The minimum atomic E-state index is 0.0922. The molecule has 0 bridgehead atoms. The average molecular weight is 358 g/mol. The largest absolute Gasteiger partial charge is 0.357 e. The lowest BCUT2D eigenvalue weighted by atomic mass is 9.99. The van der Waals surface area contributed by atoms with Crippen LogP contribution in [0.5, 0.6) is 0 Å². The molecule has 2 atom stereocenters. The van der Waals surface area contributed by atoms with E-state index in [-0.39, 0.29) is 11.9 Å². The fourth-order valence-corrected chi connectivity index (χ4v) is 3.82. The van der Waals surface area contributed by atoms with Gasteiger partial charge in [-0.05, 0) is 51.4 Å². The van der Waals surface area contributed by atoms with E-state index in [1.54, 1.807) is 0 Å². The normalized spacial score (nSPS) is 24.8. The molecular formula is C20H31N5O. The predicted molar refractivity (Wildman–Crippen MR) is 107 cm³/mol. The van der Waals surface area contributed by atoms with Crippen LogP contribution >= 0.6 is 0 Å². The van der Waals surface area contributed by atoms with E-state index in [0.717, 1.165) is 31.3 Å². The predicted octanol–water partition coefficient (Wildman–Crippen LogP) is 1.69. The maximum absolute atomic E-state index is 12.4. The number of nitrogens with one attached hydrogen (secondary N) is 2. The molecule has 0 spiro atoms. The molecule has 0 aliphatic carbocycles. The summed E-state index contributed by atoms with van der Waals surface area (Å²) in [6.45, 7) is 6.72. The van der Waals surface area contributed by atoms with Crippen LogP contribution in [0.3, 0.4) is 0 Å². The van der Waals surface area contributed by atoms with Gasteiger partial charge in [0, 0.05) is 38.3 Å². The molecule has 1 aromatic rings. The lowest BCUT2D eigenvalue weighted by Gasteiger charge is -2.28. The Labute approximate surface area is 156 Å². The highest BCUT2D eigenvalue weighted by molar-refractivity contribution is 5.97. The monoisotopic (exact) mass is 357 g/mol. The molecule has 142 valence electrons. The second kappa shape index (κ2) is 9.03. The third-order valence-corrected chi connectivity index (χ3v) is 5.11. The number of nitrogens with zero attached hydrogens (tertiary/aromatic N) is 3. The van der Waals surface area contributed by atoms with Gasteiger partial charge in [-0.2, -0.15) is 0 Å². The van der Waals surface area contributed by atoms with Gasteiger partial charge in [0.25, 0.3) is 0 Å². The van der Waals surface area contributed by atoms with Gasteiger partial charge in [0.05, 0.1) is 6.04 Å². The van der Waals surface area contributed by atoms with Crippen LogP contribution in [0.2, 0.25) is 0 Å². The third-order valence-electron chi connectivity index (χ3n) is 5.11. The highest BCUT2D eigenvalue weighted by atomic mass is 16.2. The molecule has 2 unspecified atom stereocenters. The molecule has 2 fully saturated rings. The van der Waals surface area contributed by atoms with Crippen LogP contribution in [0.1, 0.15) is 26.2 Å². The number of hydrogen-bond donors (Lipinski definition) is 2. The number of carbonyl (C=O) groups is 1. The van der Waals surface area contributed by atoms with Crippen molar-refractivity contribution in [2.75, 3.05) is 44.7 Å². The summed E-state index contributed by atoms with van der Waals surface area (Å²) >= 11 is 0. The van der Waals surface area contributed by atoms with E-state index in [9.17, 15) is 4.79 Å². The Hall–Kier alpha value is -2.08. The zero-order chi connectivity index (χ0) is 18.4. The summed E-state index contributed by atoms with van der Waals surface area (Å²) in [4.78, 5) is 21.4. The molecule has 2 N–H and O–H groups in total. The van der Waals surface area contributed by atoms with Gasteiger partial charge < -0.3 is 20.4 Å². The Bertz CT molecular complexity index is 618. The first-order valence-corrected chi connectivity index (χ1v) is 9.74. The third kappa shape index (κ3) is 4.97. The molecule has 3 rings (SSSR count). The number of guanidine groups is 1. The zero-order valence-electron chi connectivity index (χ0n) is 15.9. The number of aliphatic imine (C=N–C) groups is 1. The molecule has 0 radical (unpaired) electrons. The number of amides is 1. The van der Waals surface area contributed by atoms with Gasteiger partial charge >= 0.3 is 0 Å². The maximum Gasteiger partial charge on any atom is 0.229 e. The van der Waals surface area contributed by atoms with Crippen molar-refractivity contribution in [2.24, 2.45) is 10.9 Å². The molecule has 0 aromatic heterocycles. The Balaban J connectivity index is 1.57. The summed E-state index contributed by atoms with van der Waals surface area (Å²) in [5, 5.41) is 6.79. The van der Waals surface area contributed by atoms with Gasteiger partial charge in [-0.1, -0.05) is 18.2 Å². The fraction of sp³-hybridized carbons (Fsp3) is 0.600. The Morgan fingerprint density at radius 1 is 1.27 bits per heavy atom. The van der Waals surface area contributed by atoms with Crippen LogP contribution in [0.15, 0.2) is 35.3 Å². The highest BCUT2D eigenvalue weighted by Crippen LogP contribution is 2.21. The summed E-state index contributed by atoms with van der Waals surface area (Å²) in [7, 11) is 2.18. The van der Waals surface area contributed by atoms with Crippen molar-refractivity contribution in [3.05, 3.63) is 30.3 Å². The maximum atomic E-state index is 12.4. The van der Waals surface area contributed by atoms with Gasteiger partial charge in [0.1, 0.15) is 0 Å². The number of piperidine rings is 1. The smallest absolute Gasteiger partial charge is 0.229 e. The van der Waals surface area contributed by atoms with Crippen molar-refractivity contribution < 1.29 is 4.79 Å². The lowest BCUT2D eigenvalue weighted by Crippen LogP contribution is -2.45. The van der Waals surface area contributed by atoms with Gasteiger partial charge in [-0.25, -0.2) is 0 Å². The molecule has 6 nitrogen and oxygen atoms in total. The summed E-state index contributed by atoms with van der Waals surface area (Å²) in [6.07, 6.45) is 3.01. The standard InChI is InChI=1S/C20H31N5O/c1-3-21-20(22-13-16-8-7-11-24(2)14-16)23-17-12-19(26)25(15-17)18-9-5-4-6-10-18/h4-6,9-10,16-17H,3,7-8,11-15H2,1-2H3,(H2,21,22,23). The number of carbonyl (C=O) groups excluding carboxylic acids is 1. The second-order valence-corrected chi connectivity index (χ2v) is 7.38. The van der Waals surface area contributed by atoms with Crippen LogP contribution < -0.4 is 15.5 Å². The lowest BCUT2D eigenvalue weighted by molar-refractivity contribution is -0.117. The molecule has 1 amide bonds. The molecule has 2 aliphatic heterocycles. The minimum Gasteiger partial charge on any atom is -0.357 e. The molecular weight excluding hydrogens is 326 g/mol. The number of para-hydroxylation sites is 1. The van der Waals surface area contributed by atoms with Crippen molar-refractivity contribution in [3.63, 3.8) is 0 Å². The van der Waals surface area contributed by atoms with Crippen molar-refractivity contribution in [3.8, 4) is 0 Å². The number of likely N-dealkylation sites (tertiary alicyclic amines) is 1. The Morgan fingerprint density at radius 3 is 2.81 bits per heavy atom. The summed E-state index contributed by atoms with van der Waals surface area (Å²) in [5.74, 6) is 1.61. The van der Waals surface area contributed by atoms with Gasteiger partial charge in [0.15, 0.2) is 5.96 Å². The van der Waals surface area contributed by atoms with E-state index in [4.69, 9.17) is 4.99 Å². The van der Waals surface area contributed by atoms with E-state index in [1.165, 1.54) is 19.4 Å². The van der Waals surface area contributed by atoms with Crippen LogP contribution in [-0.2, 0) is 4.79 Å². The first-order chi connectivity index (χ1) is 12.7. The average Bonchev–Trinajstić information content (AvgIpc) is 3.01. The topological polar surface area (TPSA) is 60.0 Å². The minimum absolute atomic E-state index is 0.0922. The molecule has 6 heteroatoms. The van der Waals surface area contributed by atoms with Crippen LogP contribution in [0.25, 0.3) is 0 Å². The molecule has 2 saturated heterocycles. The van der Waals surface area contributed by atoms with Crippen LogP contribution in [0, 0.1) is 5.92 Å². The zero-order valence-corrected chi connectivity index (χ0v) is 15.9. The molecule has 0 saturated carbocycles. The Kier molecular flexibility index (Phi) is 6.50. The van der Waals surface area contributed by atoms with Gasteiger partial charge in [-0.3, -0.25) is 9.79 Å². The summed E-state index contributed by atoms with van der Waals surface area (Å²) < 4.78 is 0. The van der Waals surface area contributed by atoms with E-state index in [2.05, 4.69) is 29.5 Å². The van der Waals surface area contributed by atoms with Crippen LogP contribution in [0.4, 0.5) is 5.69 Å². The molecule has 26 heavy (non-hydrogen) atoms. The second-order valence-electron chi connectivity index (χ2n) is 7.38. The highest BCUT2D eigenvalue weighted by Gasteiger charge is 2.31. The number of rotatable bonds is 5. The number of benzene rings is 1. The molecule has 2 aliphatic rings. The number of anilines is 1. The van der Waals surface area contributed by atoms with Crippen molar-refractivity contribution in [1.29, 1.82) is 0 Å². The van der Waals surface area contributed by atoms with Crippen LogP contribution in [-0.4, -0.2) is 62.6 Å². The summed E-state index contributed by atoms with van der Waals surface area (Å²) in [5.41, 5.74) is 0.967. The first-order valence-electron chi connectivity index (χ1n) is 9.74. The molecule has 2 heterocycles. The first kappa shape index (κ1) is 18.7. The van der Waals surface area contributed by atoms with E-state index in [1.807, 2.05) is 35.2 Å². The van der Waals surface area contributed by atoms with Gasteiger partial charge in [0.2, 0.25) is 5.91 Å². The molecule has 1 aromatic carbocycles. The van der Waals surface area contributed by atoms with Gasteiger partial charge in [-0.15, -0.1) is 0 Å². The van der Waals surface area contributed by atoms with Crippen molar-refractivity contribution >= 4 is 17.6 Å². The summed E-state index contributed by atoms with van der Waals surface area (Å²) in [6, 6.07) is 9.97. The van der Waals surface area contributed by atoms with Crippen molar-refractivity contribution in [2.45, 2.75) is 32.2 Å². The van der Waals surface area contributed by atoms with Crippen molar-refractivity contribution in [1.82, 2.24) is 15.5 Å². The SMILES string of the molecule is CCNC(=NCC1CCCN(C)C1)NC1CC(=O)N(c2ccccc2)C1. The van der Waals surface area contributed by atoms with E-state index < -0.39 is 0 Å². The van der Waals surface area contributed by atoms with E-state index in [0.29, 0.717) is 18.9 Å². The quantitative estimate of drug-likeness (QED) is 0.622. The Morgan fingerprint density at radius 2 is 2.08 bits per heavy atom. The van der Waals surface area contributed by atoms with E-state index >= 15 is 0 Å². The number of hydrogen-bond acceptors (Lipinski definition) is 3.